The molecule has 144 valence electrons. The first-order valence-electron chi connectivity index (χ1n) is 8.29. The Labute approximate surface area is 169 Å². The highest BCUT2D eigenvalue weighted by Crippen LogP contribution is 2.25. The monoisotopic (exact) mass is 416 g/mol. The van der Waals surface area contributed by atoms with Gasteiger partial charge in [0.15, 0.2) is 5.16 Å². The molecule has 0 bridgehead atoms. The third kappa shape index (κ3) is 4.02. The Kier molecular flexibility index (Phi) is 5.71. The van der Waals surface area contributed by atoms with Gasteiger partial charge in [0.1, 0.15) is 0 Å². The van der Waals surface area contributed by atoms with E-state index in [0.717, 1.165) is 22.9 Å². The average Bonchev–Trinajstić information content (AvgIpc) is 2.62. The number of nitrogens with one attached hydrogen (secondary N) is 1. The van der Waals surface area contributed by atoms with Crippen LogP contribution in [0.2, 0.25) is 5.02 Å². The number of hydrogen-bond acceptors (Lipinski definition) is 5. The second-order valence-corrected chi connectivity index (χ2v) is 7.50. The minimum absolute atomic E-state index is 0.133. The van der Waals surface area contributed by atoms with Crippen molar-refractivity contribution in [2.75, 3.05) is 5.75 Å². The Morgan fingerprint density at radius 1 is 1.25 bits per heavy atom. The minimum Gasteiger partial charge on any atom is -0.351 e. The molecule has 0 unspecified atom stereocenters. The molecule has 0 aliphatic carbocycles. The third-order valence-corrected chi connectivity index (χ3v) is 5.39. The molecule has 0 fully saturated rings. The third-order valence-electron chi connectivity index (χ3n) is 4.21. The molecule has 7 nitrogen and oxygen atoms in total. The fraction of sp³-hybridized carbons (Fsp3) is 0.158. The standard InChI is InChI=1S/C19H17ClN4O3S/c1-10-4-3-5-15(11(10)2)24-17(26)13-7-6-12(20)8-14(13)22-19(24)28-9-16(25)23-18(21)27/h3-8H,9H2,1-2H3,(H3,21,23,25,27). The quantitative estimate of drug-likeness (QED) is 0.502. The van der Waals surface area contributed by atoms with E-state index in [9.17, 15) is 14.4 Å². The van der Waals surface area contributed by atoms with Crippen LogP contribution in [0, 0.1) is 13.8 Å². The van der Waals surface area contributed by atoms with Crippen LogP contribution in [0.4, 0.5) is 4.79 Å². The molecule has 3 rings (SSSR count). The number of urea groups is 1. The normalized spacial score (nSPS) is 10.8. The highest BCUT2D eigenvalue weighted by atomic mass is 35.5. The van der Waals surface area contributed by atoms with Crippen molar-refractivity contribution < 1.29 is 9.59 Å². The van der Waals surface area contributed by atoms with Gasteiger partial charge < -0.3 is 5.73 Å². The lowest BCUT2D eigenvalue weighted by atomic mass is 10.1. The summed E-state index contributed by atoms with van der Waals surface area (Å²) < 4.78 is 1.47. The Morgan fingerprint density at radius 2 is 2.00 bits per heavy atom. The van der Waals surface area contributed by atoms with Gasteiger partial charge in [-0.2, -0.15) is 0 Å². The second-order valence-electron chi connectivity index (χ2n) is 6.12. The number of carbonyl (C=O) groups excluding carboxylic acids is 2. The van der Waals surface area contributed by atoms with Crippen molar-refractivity contribution in [2.24, 2.45) is 5.73 Å². The maximum atomic E-state index is 13.2. The van der Waals surface area contributed by atoms with Crippen molar-refractivity contribution in [1.29, 1.82) is 0 Å². The number of carbonyl (C=O) groups is 2. The molecule has 3 aromatic rings. The van der Waals surface area contributed by atoms with E-state index >= 15 is 0 Å². The number of rotatable bonds is 4. The molecule has 0 saturated heterocycles. The van der Waals surface area contributed by atoms with Crippen LogP contribution in [0.5, 0.6) is 0 Å². The molecule has 0 atom stereocenters. The summed E-state index contributed by atoms with van der Waals surface area (Å²) in [5.41, 5.74) is 7.74. The number of amides is 3. The van der Waals surface area contributed by atoms with Crippen LogP contribution < -0.4 is 16.6 Å². The van der Waals surface area contributed by atoms with Crippen LogP contribution in [0.25, 0.3) is 16.6 Å². The van der Waals surface area contributed by atoms with Gasteiger partial charge in [0.05, 0.1) is 22.3 Å². The van der Waals surface area contributed by atoms with E-state index in [1.807, 2.05) is 37.4 Å². The minimum atomic E-state index is -0.934. The largest absolute Gasteiger partial charge is 0.351 e. The average molecular weight is 417 g/mol. The SMILES string of the molecule is Cc1cccc(-n2c(SCC(=O)NC(N)=O)nc3cc(Cl)ccc3c2=O)c1C. The van der Waals surface area contributed by atoms with Crippen LogP contribution in [0.1, 0.15) is 11.1 Å². The van der Waals surface area contributed by atoms with Gasteiger partial charge in [0.25, 0.3) is 5.56 Å². The molecular formula is C19H17ClN4O3S. The lowest BCUT2D eigenvalue weighted by Gasteiger charge is -2.16. The smallest absolute Gasteiger partial charge is 0.318 e. The van der Waals surface area contributed by atoms with E-state index in [0.29, 0.717) is 26.8 Å². The zero-order valence-corrected chi connectivity index (χ0v) is 16.7. The maximum Gasteiger partial charge on any atom is 0.318 e. The van der Waals surface area contributed by atoms with E-state index in [2.05, 4.69) is 4.98 Å². The Hall–Kier alpha value is -2.84. The number of nitrogens with zero attached hydrogens (tertiary/aromatic N) is 2. The van der Waals surface area contributed by atoms with E-state index in [4.69, 9.17) is 17.3 Å². The topological polar surface area (TPSA) is 107 Å². The fourth-order valence-electron chi connectivity index (χ4n) is 2.73. The lowest BCUT2D eigenvalue weighted by molar-refractivity contribution is -0.117. The number of aromatic nitrogens is 2. The molecule has 1 aromatic heterocycles. The van der Waals surface area contributed by atoms with Crippen LogP contribution in [-0.2, 0) is 4.79 Å². The highest BCUT2D eigenvalue weighted by Gasteiger charge is 2.17. The number of hydrogen-bond donors (Lipinski definition) is 2. The molecule has 2 aromatic carbocycles. The molecule has 1 heterocycles. The van der Waals surface area contributed by atoms with Crippen LogP contribution >= 0.6 is 23.4 Å². The summed E-state index contributed by atoms with van der Waals surface area (Å²) in [7, 11) is 0. The van der Waals surface area contributed by atoms with Gasteiger partial charge in [-0.15, -0.1) is 0 Å². The highest BCUT2D eigenvalue weighted by molar-refractivity contribution is 7.99. The predicted molar refractivity (Wildman–Crippen MR) is 110 cm³/mol. The zero-order valence-electron chi connectivity index (χ0n) is 15.2. The van der Waals surface area contributed by atoms with Gasteiger partial charge in [0, 0.05) is 5.02 Å². The summed E-state index contributed by atoms with van der Waals surface area (Å²) in [5, 5.41) is 3.17. The summed E-state index contributed by atoms with van der Waals surface area (Å²) in [4.78, 5) is 40.5. The van der Waals surface area contributed by atoms with Gasteiger partial charge in [-0.05, 0) is 49.2 Å². The Balaban J connectivity index is 2.19. The van der Waals surface area contributed by atoms with Crippen molar-refractivity contribution in [3.63, 3.8) is 0 Å². The van der Waals surface area contributed by atoms with Crippen molar-refractivity contribution in [1.82, 2.24) is 14.9 Å². The van der Waals surface area contributed by atoms with Gasteiger partial charge in [0.2, 0.25) is 5.91 Å². The Bertz CT molecular complexity index is 1160. The molecule has 0 spiro atoms. The molecule has 0 radical (unpaired) electrons. The fourth-order valence-corrected chi connectivity index (χ4v) is 3.70. The molecule has 9 heteroatoms. The summed E-state index contributed by atoms with van der Waals surface area (Å²) in [6.07, 6.45) is 0. The molecular weight excluding hydrogens is 400 g/mol. The van der Waals surface area contributed by atoms with Crippen LogP contribution in [0.15, 0.2) is 46.3 Å². The molecule has 28 heavy (non-hydrogen) atoms. The van der Waals surface area contributed by atoms with Crippen LogP contribution in [0.3, 0.4) is 0 Å². The van der Waals surface area contributed by atoms with E-state index < -0.39 is 11.9 Å². The number of primary amides is 1. The van der Waals surface area contributed by atoms with Gasteiger partial charge >= 0.3 is 6.03 Å². The summed E-state index contributed by atoms with van der Waals surface area (Å²) >= 11 is 7.07. The number of thioether (sulfide) groups is 1. The summed E-state index contributed by atoms with van der Waals surface area (Å²) in [5.74, 6) is -0.711. The van der Waals surface area contributed by atoms with Gasteiger partial charge in [-0.3, -0.25) is 19.5 Å². The lowest BCUT2D eigenvalue weighted by Crippen LogP contribution is -2.36. The first kappa shape index (κ1) is 19.9. The van der Waals surface area contributed by atoms with Crippen molar-refractivity contribution in [2.45, 2.75) is 19.0 Å². The summed E-state index contributed by atoms with van der Waals surface area (Å²) in [6.45, 7) is 3.86. The zero-order chi connectivity index (χ0) is 20.4. The second kappa shape index (κ2) is 8.04. The van der Waals surface area contributed by atoms with Crippen LogP contribution in [-0.4, -0.2) is 27.2 Å². The summed E-state index contributed by atoms with van der Waals surface area (Å²) in [6, 6.07) is 9.54. The van der Waals surface area contributed by atoms with Crippen molar-refractivity contribution >= 4 is 46.2 Å². The molecule has 3 N–H and O–H groups in total. The number of halogens is 1. The van der Waals surface area contributed by atoms with Crippen molar-refractivity contribution in [3.05, 3.63) is 62.9 Å². The Morgan fingerprint density at radius 3 is 2.71 bits per heavy atom. The number of aryl methyl sites for hydroxylation is 1. The predicted octanol–water partition coefficient (Wildman–Crippen LogP) is 2.94. The number of fused-ring (bicyclic) bond motifs is 1. The van der Waals surface area contributed by atoms with Gasteiger partial charge in [-0.1, -0.05) is 35.5 Å². The van der Waals surface area contributed by atoms with E-state index in [-0.39, 0.29) is 11.3 Å². The van der Waals surface area contributed by atoms with Crippen molar-refractivity contribution in [3.8, 4) is 5.69 Å². The van der Waals surface area contributed by atoms with E-state index in [1.54, 1.807) is 18.2 Å². The van der Waals surface area contributed by atoms with E-state index in [1.165, 1.54) is 4.57 Å². The maximum absolute atomic E-state index is 13.2. The molecule has 0 aliphatic rings. The first-order chi connectivity index (χ1) is 13.3. The molecule has 0 saturated carbocycles. The molecule has 0 aliphatic heterocycles. The van der Waals surface area contributed by atoms with Gasteiger partial charge in [-0.25, -0.2) is 9.78 Å². The molecule has 3 amide bonds. The number of imide groups is 1. The number of nitrogens with two attached hydrogens (primary N) is 1. The number of benzene rings is 2. The first-order valence-corrected chi connectivity index (χ1v) is 9.65.